The van der Waals surface area contributed by atoms with E-state index in [2.05, 4.69) is 10.3 Å². The molecule has 2 rings (SSSR count). The number of aromatic nitrogens is 1. The summed E-state index contributed by atoms with van der Waals surface area (Å²) in [5.41, 5.74) is 1.51. The van der Waals surface area contributed by atoms with Gasteiger partial charge in [-0.15, -0.1) is 0 Å². The molecule has 1 aromatic heterocycles. The van der Waals surface area contributed by atoms with Crippen molar-refractivity contribution in [2.24, 2.45) is 5.92 Å². The number of halogens is 1. The van der Waals surface area contributed by atoms with E-state index < -0.39 is 0 Å². The third-order valence-corrected chi connectivity index (χ3v) is 2.91. The maximum atomic E-state index is 13.4. The molecule has 1 fully saturated rings. The first kappa shape index (κ1) is 11.5. The molecular weight excluding hydrogens is 203 g/mol. The first-order valence-electron chi connectivity index (χ1n) is 6.03. The number of hydrogen-bond acceptors (Lipinski definition) is 2. The number of rotatable bonds is 5. The van der Waals surface area contributed by atoms with Gasteiger partial charge in [-0.3, -0.25) is 4.98 Å². The lowest BCUT2D eigenvalue weighted by molar-refractivity contribution is 0.573. The first-order chi connectivity index (χ1) is 7.66. The zero-order chi connectivity index (χ0) is 11.5. The highest BCUT2D eigenvalue weighted by atomic mass is 19.1. The lowest BCUT2D eigenvalue weighted by Crippen LogP contribution is -2.17. The van der Waals surface area contributed by atoms with Crippen molar-refractivity contribution < 1.29 is 4.39 Å². The Balaban J connectivity index is 1.94. The molecule has 0 unspecified atom stereocenters. The van der Waals surface area contributed by atoms with Crippen LogP contribution in [0.1, 0.15) is 44.0 Å². The van der Waals surface area contributed by atoms with Gasteiger partial charge in [0.25, 0.3) is 0 Å². The monoisotopic (exact) mass is 222 g/mol. The summed E-state index contributed by atoms with van der Waals surface area (Å²) < 4.78 is 13.4. The fourth-order valence-electron chi connectivity index (χ4n) is 1.73. The van der Waals surface area contributed by atoms with E-state index >= 15 is 0 Å². The van der Waals surface area contributed by atoms with Crippen LogP contribution in [-0.4, -0.2) is 11.5 Å². The number of nitrogens with zero attached hydrogens (tertiary/aromatic N) is 1. The van der Waals surface area contributed by atoms with Crippen LogP contribution in [-0.2, 0) is 6.54 Å². The molecule has 3 heteroatoms. The zero-order valence-corrected chi connectivity index (χ0v) is 9.96. The van der Waals surface area contributed by atoms with Crippen LogP contribution in [0.25, 0.3) is 0 Å². The van der Waals surface area contributed by atoms with Gasteiger partial charge in [0, 0.05) is 6.54 Å². The summed E-state index contributed by atoms with van der Waals surface area (Å²) in [4.78, 5) is 4.35. The Kier molecular flexibility index (Phi) is 3.54. The Morgan fingerprint density at radius 1 is 1.44 bits per heavy atom. The van der Waals surface area contributed by atoms with E-state index in [0.717, 1.165) is 24.7 Å². The van der Waals surface area contributed by atoms with Crippen LogP contribution in [0.2, 0.25) is 0 Å². The average Bonchev–Trinajstić information content (AvgIpc) is 3.04. The molecule has 0 aliphatic heterocycles. The van der Waals surface area contributed by atoms with Crippen molar-refractivity contribution >= 4 is 0 Å². The van der Waals surface area contributed by atoms with Gasteiger partial charge in [0.1, 0.15) is 5.82 Å². The third-order valence-electron chi connectivity index (χ3n) is 2.91. The summed E-state index contributed by atoms with van der Waals surface area (Å²) in [6.45, 7) is 5.74. The fourth-order valence-corrected chi connectivity index (χ4v) is 1.73. The molecule has 1 saturated carbocycles. The van der Waals surface area contributed by atoms with Crippen molar-refractivity contribution in [3.8, 4) is 0 Å². The smallest absolute Gasteiger partial charge is 0.144 e. The highest BCUT2D eigenvalue weighted by molar-refractivity contribution is 5.16. The maximum Gasteiger partial charge on any atom is 0.144 e. The van der Waals surface area contributed by atoms with Crippen LogP contribution in [0.15, 0.2) is 12.1 Å². The molecule has 0 bridgehead atoms. The van der Waals surface area contributed by atoms with Gasteiger partial charge in [-0.2, -0.15) is 0 Å². The van der Waals surface area contributed by atoms with Crippen molar-refractivity contribution in [3.63, 3.8) is 0 Å². The normalized spacial score (nSPS) is 15.8. The number of pyridine rings is 1. The molecule has 0 radical (unpaired) electrons. The summed E-state index contributed by atoms with van der Waals surface area (Å²) in [6, 6.07) is 3.29. The highest BCUT2D eigenvalue weighted by Crippen LogP contribution is 2.27. The van der Waals surface area contributed by atoms with Crippen LogP contribution in [0.5, 0.6) is 0 Å². The predicted octanol–water partition coefficient (Wildman–Crippen LogP) is 2.84. The summed E-state index contributed by atoms with van der Waals surface area (Å²) in [5, 5.41) is 3.36. The lowest BCUT2D eigenvalue weighted by atomic mass is 10.1. The summed E-state index contributed by atoms with van der Waals surface area (Å²) >= 11 is 0. The minimum atomic E-state index is -0.194. The van der Waals surface area contributed by atoms with E-state index in [1.54, 1.807) is 6.07 Å². The molecule has 2 nitrogen and oxygen atoms in total. The minimum absolute atomic E-state index is 0.142. The number of nitrogens with one attached hydrogen (secondary N) is 1. The van der Waals surface area contributed by atoms with Crippen molar-refractivity contribution in [1.82, 2.24) is 10.3 Å². The summed E-state index contributed by atoms with van der Waals surface area (Å²) in [5.74, 6) is 0.814. The fraction of sp³-hybridized carbons (Fsp3) is 0.615. The zero-order valence-electron chi connectivity index (χ0n) is 9.96. The molecule has 0 amide bonds. The summed E-state index contributed by atoms with van der Waals surface area (Å²) in [6.07, 6.45) is 2.70. The van der Waals surface area contributed by atoms with Crippen LogP contribution in [0.4, 0.5) is 4.39 Å². The van der Waals surface area contributed by atoms with Crippen LogP contribution in [0.3, 0.4) is 0 Å². The quantitative estimate of drug-likeness (QED) is 0.828. The Bertz CT molecular complexity index is 359. The van der Waals surface area contributed by atoms with E-state index in [1.807, 2.05) is 13.8 Å². The summed E-state index contributed by atoms with van der Waals surface area (Å²) in [7, 11) is 0. The molecular formula is C13H19FN2. The Morgan fingerprint density at radius 3 is 2.81 bits per heavy atom. The van der Waals surface area contributed by atoms with Crippen LogP contribution in [0, 0.1) is 11.7 Å². The largest absolute Gasteiger partial charge is 0.311 e. The molecule has 0 spiro atoms. The molecule has 1 aromatic rings. The van der Waals surface area contributed by atoms with Crippen molar-refractivity contribution in [2.75, 3.05) is 6.54 Å². The highest BCUT2D eigenvalue weighted by Gasteiger charge is 2.20. The van der Waals surface area contributed by atoms with Gasteiger partial charge in [-0.05, 0) is 43.4 Å². The molecule has 88 valence electrons. The van der Waals surface area contributed by atoms with E-state index in [1.165, 1.54) is 18.9 Å². The Labute approximate surface area is 96.3 Å². The molecule has 1 aliphatic carbocycles. The van der Waals surface area contributed by atoms with Gasteiger partial charge in [0.05, 0.1) is 11.4 Å². The van der Waals surface area contributed by atoms with Crippen molar-refractivity contribution in [2.45, 2.75) is 39.2 Å². The molecule has 0 aromatic carbocycles. The second-order valence-corrected chi connectivity index (χ2v) is 4.90. The van der Waals surface area contributed by atoms with Crippen LogP contribution < -0.4 is 5.32 Å². The Hall–Kier alpha value is -0.960. The molecule has 0 saturated heterocycles. The third kappa shape index (κ3) is 3.01. The van der Waals surface area contributed by atoms with Gasteiger partial charge in [-0.1, -0.05) is 13.8 Å². The van der Waals surface area contributed by atoms with E-state index in [9.17, 15) is 4.39 Å². The maximum absolute atomic E-state index is 13.4. The molecule has 1 aliphatic rings. The average molecular weight is 222 g/mol. The second kappa shape index (κ2) is 4.91. The first-order valence-corrected chi connectivity index (χ1v) is 6.03. The SMILES string of the molecule is CC(C)c1nc(CNCC2CC2)ccc1F. The van der Waals surface area contributed by atoms with E-state index in [4.69, 9.17) is 0 Å². The Morgan fingerprint density at radius 2 is 2.19 bits per heavy atom. The standard InChI is InChI=1S/C13H19FN2/c1-9(2)13-12(14)6-5-11(16-13)8-15-7-10-3-4-10/h5-6,9-10,15H,3-4,7-8H2,1-2H3. The van der Waals surface area contributed by atoms with Gasteiger partial charge in [0.2, 0.25) is 0 Å². The van der Waals surface area contributed by atoms with E-state index in [-0.39, 0.29) is 11.7 Å². The second-order valence-electron chi connectivity index (χ2n) is 4.90. The molecule has 1 heterocycles. The molecule has 0 atom stereocenters. The van der Waals surface area contributed by atoms with Crippen molar-refractivity contribution in [1.29, 1.82) is 0 Å². The minimum Gasteiger partial charge on any atom is -0.311 e. The van der Waals surface area contributed by atoms with Crippen LogP contribution >= 0.6 is 0 Å². The predicted molar refractivity (Wildman–Crippen MR) is 62.7 cm³/mol. The molecule has 1 N–H and O–H groups in total. The van der Waals surface area contributed by atoms with E-state index in [0.29, 0.717) is 5.69 Å². The number of hydrogen-bond donors (Lipinski definition) is 1. The molecule has 16 heavy (non-hydrogen) atoms. The van der Waals surface area contributed by atoms with Gasteiger partial charge in [0.15, 0.2) is 0 Å². The van der Waals surface area contributed by atoms with Crippen molar-refractivity contribution in [3.05, 3.63) is 29.3 Å². The van der Waals surface area contributed by atoms with Gasteiger partial charge in [-0.25, -0.2) is 4.39 Å². The topological polar surface area (TPSA) is 24.9 Å². The lowest BCUT2D eigenvalue weighted by Gasteiger charge is -2.09. The van der Waals surface area contributed by atoms with Gasteiger partial charge >= 0.3 is 0 Å². The van der Waals surface area contributed by atoms with Gasteiger partial charge < -0.3 is 5.32 Å².